The van der Waals surface area contributed by atoms with E-state index in [4.69, 9.17) is 9.47 Å². The topological polar surface area (TPSA) is 62.2 Å². The molecule has 1 N–H and O–H groups in total. The van der Waals surface area contributed by atoms with E-state index >= 15 is 0 Å². The van der Waals surface area contributed by atoms with Gasteiger partial charge in [-0.1, -0.05) is 6.07 Å². The van der Waals surface area contributed by atoms with Gasteiger partial charge in [-0.05, 0) is 13.0 Å². The number of hydrogen-bond acceptors (Lipinski definition) is 5. The first-order valence-corrected chi connectivity index (χ1v) is 9.18. The minimum Gasteiger partial charge on any atom is -0.475 e. The molecule has 0 amide bonds. The van der Waals surface area contributed by atoms with E-state index in [1.165, 1.54) is 11.8 Å². The van der Waals surface area contributed by atoms with Crippen LogP contribution in [0.2, 0.25) is 0 Å². The number of guanidine groups is 1. The summed E-state index contributed by atoms with van der Waals surface area (Å²) < 4.78 is 49.3. The molecule has 0 aliphatic carbocycles. The van der Waals surface area contributed by atoms with Crippen molar-refractivity contribution < 1.29 is 22.6 Å². The van der Waals surface area contributed by atoms with Gasteiger partial charge in [-0.25, -0.2) is 4.98 Å². The van der Waals surface area contributed by atoms with E-state index in [-0.39, 0.29) is 0 Å². The molecule has 1 aliphatic rings. The summed E-state index contributed by atoms with van der Waals surface area (Å²) in [7, 11) is 3.26. The van der Waals surface area contributed by atoms with Crippen molar-refractivity contribution in [2.24, 2.45) is 4.99 Å². The van der Waals surface area contributed by atoms with Gasteiger partial charge in [-0.2, -0.15) is 13.2 Å². The second-order valence-electron chi connectivity index (χ2n) is 6.45. The number of aromatic nitrogens is 1. The summed E-state index contributed by atoms with van der Waals surface area (Å²) >= 11 is 0. The Balaban J connectivity index is 1.89. The maximum atomic E-state index is 12.9. The Kier molecular flexibility index (Phi) is 8.31. The summed E-state index contributed by atoms with van der Waals surface area (Å²) in [5, 5.41) is 3.24. The normalized spacial score (nSPS) is 17.5. The highest BCUT2D eigenvalue weighted by Crippen LogP contribution is 2.25. The van der Waals surface area contributed by atoms with Crippen molar-refractivity contribution in [3.63, 3.8) is 0 Å². The number of halogens is 3. The lowest BCUT2D eigenvalue weighted by Crippen LogP contribution is -2.56. The largest absolute Gasteiger partial charge is 0.475 e. The van der Waals surface area contributed by atoms with Crippen molar-refractivity contribution >= 4 is 5.96 Å². The Hall–Kier alpha value is -2.07. The fourth-order valence-electron chi connectivity index (χ4n) is 2.94. The third-order valence-electron chi connectivity index (χ3n) is 4.66. The van der Waals surface area contributed by atoms with Crippen molar-refractivity contribution in [3.8, 4) is 5.88 Å². The zero-order valence-corrected chi connectivity index (χ0v) is 16.5. The number of nitrogens with zero attached hydrogens (tertiary/aromatic N) is 4. The predicted molar refractivity (Wildman–Crippen MR) is 100 cm³/mol. The molecule has 10 heteroatoms. The second-order valence-corrected chi connectivity index (χ2v) is 6.45. The van der Waals surface area contributed by atoms with E-state index in [1.54, 1.807) is 20.4 Å². The van der Waals surface area contributed by atoms with E-state index in [1.807, 2.05) is 17.0 Å². The first-order valence-electron chi connectivity index (χ1n) is 9.18. The molecular weight excluding hydrogens is 375 g/mol. The lowest BCUT2D eigenvalue weighted by atomic mass is 10.2. The first-order chi connectivity index (χ1) is 13.4. The van der Waals surface area contributed by atoms with Gasteiger partial charge in [-0.15, -0.1) is 0 Å². The van der Waals surface area contributed by atoms with Crippen LogP contribution in [0, 0.1) is 0 Å². The van der Waals surface area contributed by atoms with Crippen LogP contribution >= 0.6 is 0 Å². The SMILES string of the molecule is CN=C(NCc1cccnc1OCCOC)N1CCN(C(C)C(F)(F)F)CC1. The quantitative estimate of drug-likeness (QED) is 0.425. The number of piperazine rings is 1. The van der Waals surface area contributed by atoms with Crippen molar-refractivity contribution in [1.29, 1.82) is 0 Å². The molecule has 28 heavy (non-hydrogen) atoms. The van der Waals surface area contributed by atoms with Gasteiger partial charge in [0, 0.05) is 58.6 Å². The molecular formula is C18H28F3N5O2. The van der Waals surface area contributed by atoms with Gasteiger partial charge in [0.2, 0.25) is 5.88 Å². The highest BCUT2D eigenvalue weighted by molar-refractivity contribution is 5.80. The van der Waals surface area contributed by atoms with Crippen LogP contribution < -0.4 is 10.1 Å². The monoisotopic (exact) mass is 403 g/mol. The van der Waals surface area contributed by atoms with Gasteiger partial charge in [0.15, 0.2) is 5.96 Å². The highest BCUT2D eigenvalue weighted by Gasteiger charge is 2.41. The predicted octanol–water partition coefficient (Wildman–Crippen LogP) is 1.75. The lowest BCUT2D eigenvalue weighted by molar-refractivity contribution is -0.181. The Morgan fingerprint density at radius 3 is 2.61 bits per heavy atom. The van der Waals surface area contributed by atoms with Crippen molar-refractivity contribution in [1.82, 2.24) is 20.1 Å². The molecule has 0 bridgehead atoms. The van der Waals surface area contributed by atoms with Gasteiger partial charge >= 0.3 is 6.18 Å². The third-order valence-corrected chi connectivity index (χ3v) is 4.66. The van der Waals surface area contributed by atoms with E-state index in [0.29, 0.717) is 57.8 Å². The summed E-state index contributed by atoms with van der Waals surface area (Å²) in [6, 6.07) is 2.28. The summed E-state index contributed by atoms with van der Waals surface area (Å²) in [6.07, 6.45) is -2.55. The number of alkyl halides is 3. The molecule has 1 aliphatic heterocycles. The van der Waals surface area contributed by atoms with Crippen LogP contribution in [0.4, 0.5) is 13.2 Å². The highest BCUT2D eigenvalue weighted by atomic mass is 19.4. The van der Waals surface area contributed by atoms with Crippen LogP contribution in [0.3, 0.4) is 0 Å². The molecule has 1 saturated heterocycles. The summed E-state index contributed by atoms with van der Waals surface area (Å²) in [4.78, 5) is 11.9. The minimum atomic E-state index is -4.21. The number of pyridine rings is 1. The number of methoxy groups -OCH3 is 1. The van der Waals surface area contributed by atoms with Crippen LogP contribution in [-0.4, -0.2) is 86.5 Å². The van der Waals surface area contributed by atoms with Crippen LogP contribution in [0.1, 0.15) is 12.5 Å². The molecule has 158 valence electrons. The third kappa shape index (κ3) is 6.23. The molecule has 0 saturated carbocycles. The summed E-state index contributed by atoms with van der Waals surface area (Å²) in [5.74, 6) is 1.16. The average Bonchev–Trinajstić information content (AvgIpc) is 2.69. The van der Waals surface area contributed by atoms with Crippen LogP contribution in [0.5, 0.6) is 5.88 Å². The lowest BCUT2D eigenvalue weighted by Gasteiger charge is -2.39. The second kappa shape index (κ2) is 10.5. The number of nitrogens with one attached hydrogen (secondary N) is 1. The molecule has 1 aromatic rings. The van der Waals surface area contributed by atoms with E-state index < -0.39 is 12.2 Å². The molecule has 2 heterocycles. The molecule has 0 radical (unpaired) electrons. The Labute approximate surface area is 163 Å². The number of ether oxygens (including phenoxy) is 2. The Morgan fingerprint density at radius 2 is 2.00 bits per heavy atom. The minimum absolute atomic E-state index is 0.333. The maximum absolute atomic E-state index is 12.9. The van der Waals surface area contributed by atoms with Crippen LogP contribution in [-0.2, 0) is 11.3 Å². The fourth-order valence-corrected chi connectivity index (χ4v) is 2.94. The fraction of sp³-hybridized carbons (Fsp3) is 0.667. The number of aliphatic imine (C=N–C) groups is 1. The molecule has 2 rings (SSSR count). The first kappa shape index (κ1) is 22.2. The maximum Gasteiger partial charge on any atom is 0.403 e. The zero-order valence-electron chi connectivity index (χ0n) is 16.5. The van der Waals surface area contributed by atoms with Crippen molar-refractivity contribution in [2.75, 3.05) is 53.6 Å². The molecule has 7 nitrogen and oxygen atoms in total. The van der Waals surface area contributed by atoms with Gasteiger partial charge < -0.3 is 19.7 Å². The van der Waals surface area contributed by atoms with Crippen LogP contribution in [0.15, 0.2) is 23.3 Å². The molecule has 0 spiro atoms. The van der Waals surface area contributed by atoms with Crippen molar-refractivity contribution in [3.05, 3.63) is 23.9 Å². The molecule has 0 aromatic carbocycles. The van der Waals surface area contributed by atoms with Crippen LogP contribution in [0.25, 0.3) is 0 Å². The Morgan fingerprint density at radius 1 is 1.29 bits per heavy atom. The van der Waals surface area contributed by atoms with Crippen molar-refractivity contribution in [2.45, 2.75) is 25.7 Å². The van der Waals surface area contributed by atoms with E-state index in [9.17, 15) is 13.2 Å². The van der Waals surface area contributed by atoms with Gasteiger partial charge in [0.25, 0.3) is 0 Å². The number of rotatable bonds is 7. The van der Waals surface area contributed by atoms with E-state index in [2.05, 4.69) is 15.3 Å². The van der Waals surface area contributed by atoms with E-state index in [0.717, 1.165) is 5.56 Å². The van der Waals surface area contributed by atoms with Gasteiger partial charge in [0.05, 0.1) is 6.61 Å². The molecule has 1 aromatic heterocycles. The Bertz CT molecular complexity index is 634. The average molecular weight is 403 g/mol. The van der Waals surface area contributed by atoms with Gasteiger partial charge in [-0.3, -0.25) is 9.89 Å². The summed E-state index contributed by atoms with van der Waals surface area (Å²) in [6.45, 7) is 4.13. The smallest absolute Gasteiger partial charge is 0.403 e. The van der Waals surface area contributed by atoms with Gasteiger partial charge in [0.1, 0.15) is 12.6 Å². The summed E-state index contributed by atoms with van der Waals surface area (Å²) in [5.41, 5.74) is 0.865. The zero-order chi connectivity index (χ0) is 20.6. The standard InChI is InChI=1S/C18H28F3N5O2/c1-14(18(19,20)21)25-7-9-26(10-8-25)17(22-2)24-13-15-5-4-6-23-16(15)28-12-11-27-3/h4-6,14H,7-13H2,1-3H3,(H,22,24). The number of hydrogen-bond donors (Lipinski definition) is 1. The molecule has 1 fully saturated rings. The molecule has 1 unspecified atom stereocenters. The molecule has 1 atom stereocenters.